The fourth-order valence-electron chi connectivity index (χ4n) is 2.92. The van der Waals surface area contributed by atoms with Crippen LogP contribution in [0.4, 0.5) is 0 Å². The number of phenols is 1. The van der Waals surface area contributed by atoms with Crippen molar-refractivity contribution in [3.8, 4) is 5.75 Å². The van der Waals surface area contributed by atoms with Crippen molar-refractivity contribution in [2.24, 2.45) is 0 Å². The molecule has 1 aliphatic rings. The molecule has 1 aromatic rings. The number of benzene rings is 1. The van der Waals surface area contributed by atoms with Gasteiger partial charge in [0, 0.05) is 12.1 Å². The summed E-state index contributed by atoms with van der Waals surface area (Å²) in [5.41, 5.74) is 1.30. The van der Waals surface area contributed by atoms with Crippen LogP contribution < -0.4 is 5.32 Å². The number of carbonyl (C=O) groups is 2. The summed E-state index contributed by atoms with van der Waals surface area (Å²) in [5.74, 6) is -1.13. The average molecular weight is 320 g/mol. The average Bonchev–Trinajstić information content (AvgIpc) is 2.48. The third-order valence-corrected chi connectivity index (χ3v) is 4.42. The molecule has 1 aromatic carbocycles. The van der Waals surface area contributed by atoms with Crippen molar-refractivity contribution in [1.82, 2.24) is 10.2 Å². The Bertz CT molecular complexity index is 582. The lowest BCUT2D eigenvalue weighted by atomic mass is 9.85. The van der Waals surface area contributed by atoms with Gasteiger partial charge in [-0.3, -0.25) is 14.5 Å². The summed E-state index contributed by atoms with van der Waals surface area (Å²) in [6, 6.07) is 5.28. The first-order valence-corrected chi connectivity index (χ1v) is 8.03. The van der Waals surface area contributed by atoms with Crippen LogP contribution in [0.5, 0.6) is 5.75 Å². The number of amides is 1. The second-order valence-electron chi connectivity index (χ2n) is 5.96. The van der Waals surface area contributed by atoms with Gasteiger partial charge in [0.2, 0.25) is 0 Å². The van der Waals surface area contributed by atoms with E-state index in [0.717, 1.165) is 24.8 Å². The third-order valence-electron chi connectivity index (χ3n) is 4.42. The molecule has 23 heavy (non-hydrogen) atoms. The number of carbonyl (C=O) groups excluding carboxylic acids is 1. The fourth-order valence-corrected chi connectivity index (χ4v) is 2.92. The molecule has 1 fully saturated rings. The molecule has 6 nitrogen and oxygen atoms in total. The molecule has 0 aliphatic heterocycles. The number of aromatic hydroxyl groups is 1. The van der Waals surface area contributed by atoms with Crippen molar-refractivity contribution in [1.29, 1.82) is 0 Å². The van der Waals surface area contributed by atoms with E-state index in [-0.39, 0.29) is 30.3 Å². The number of carboxylic acids is 1. The van der Waals surface area contributed by atoms with Gasteiger partial charge in [0.1, 0.15) is 5.75 Å². The van der Waals surface area contributed by atoms with Crippen LogP contribution in [0, 0.1) is 0 Å². The van der Waals surface area contributed by atoms with Crippen molar-refractivity contribution in [2.75, 3.05) is 13.1 Å². The predicted octanol–water partition coefficient (Wildman–Crippen LogP) is 1.62. The van der Waals surface area contributed by atoms with Crippen molar-refractivity contribution in [2.45, 2.75) is 45.2 Å². The lowest BCUT2D eigenvalue weighted by Crippen LogP contribution is -2.54. The largest absolute Gasteiger partial charge is 0.507 e. The number of rotatable bonds is 7. The molecule has 0 spiro atoms. The molecule has 3 N–H and O–H groups in total. The highest BCUT2D eigenvalue weighted by Crippen LogP contribution is 2.27. The zero-order valence-corrected chi connectivity index (χ0v) is 13.6. The summed E-state index contributed by atoms with van der Waals surface area (Å²) in [4.78, 5) is 25.0. The van der Waals surface area contributed by atoms with E-state index in [0.29, 0.717) is 12.1 Å². The van der Waals surface area contributed by atoms with Crippen LogP contribution in [0.15, 0.2) is 18.2 Å². The van der Waals surface area contributed by atoms with Gasteiger partial charge >= 0.3 is 5.97 Å². The number of nitrogens with one attached hydrogen (secondary N) is 1. The van der Waals surface area contributed by atoms with E-state index in [4.69, 9.17) is 5.11 Å². The van der Waals surface area contributed by atoms with Crippen molar-refractivity contribution in [3.63, 3.8) is 0 Å². The number of aliphatic carboxylic acids is 1. The molecule has 1 aliphatic carbocycles. The molecule has 0 saturated heterocycles. The lowest BCUT2D eigenvalue weighted by molar-refractivity contribution is -0.139. The molecule has 0 aromatic heterocycles. The maximum Gasteiger partial charge on any atom is 0.317 e. The van der Waals surface area contributed by atoms with Crippen LogP contribution in [-0.2, 0) is 11.2 Å². The summed E-state index contributed by atoms with van der Waals surface area (Å²) in [7, 11) is 0. The second kappa shape index (κ2) is 7.46. The highest BCUT2D eigenvalue weighted by Gasteiger charge is 2.35. The molecule has 0 atom stereocenters. The van der Waals surface area contributed by atoms with E-state index in [1.807, 2.05) is 18.7 Å². The normalized spacial score (nSPS) is 20.1. The van der Waals surface area contributed by atoms with Gasteiger partial charge < -0.3 is 15.5 Å². The van der Waals surface area contributed by atoms with E-state index in [1.165, 1.54) is 0 Å². The number of nitrogens with zero attached hydrogens (tertiary/aromatic N) is 1. The Balaban J connectivity index is 1.90. The zero-order valence-electron chi connectivity index (χ0n) is 13.6. The summed E-state index contributed by atoms with van der Waals surface area (Å²) >= 11 is 0. The zero-order chi connectivity index (χ0) is 17.0. The Hall–Kier alpha value is -2.08. The first kappa shape index (κ1) is 17.3. The number of likely N-dealkylation sites (N-methyl/N-ethyl adjacent to an activating group) is 1. The first-order valence-electron chi connectivity index (χ1n) is 8.03. The van der Waals surface area contributed by atoms with Crippen molar-refractivity contribution < 1.29 is 19.8 Å². The fraction of sp³-hybridized carbons (Fsp3) is 0.529. The number of carboxylic acid groups (broad SMARTS) is 1. The molecule has 0 unspecified atom stereocenters. The summed E-state index contributed by atoms with van der Waals surface area (Å²) in [5, 5.41) is 21.6. The van der Waals surface area contributed by atoms with Gasteiger partial charge in [-0.2, -0.15) is 0 Å². The van der Waals surface area contributed by atoms with Crippen LogP contribution in [0.25, 0.3) is 0 Å². The van der Waals surface area contributed by atoms with Crippen LogP contribution >= 0.6 is 0 Å². The minimum atomic E-state index is -0.833. The predicted molar refractivity (Wildman–Crippen MR) is 86.6 cm³/mol. The minimum Gasteiger partial charge on any atom is -0.507 e. The molecular formula is C17H24N2O4. The van der Waals surface area contributed by atoms with Crippen molar-refractivity contribution >= 4 is 11.9 Å². The van der Waals surface area contributed by atoms with E-state index in [1.54, 1.807) is 18.2 Å². The molecule has 0 heterocycles. The Labute approximate surface area is 136 Å². The monoisotopic (exact) mass is 320 g/mol. The topological polar surface area (TPSA) is 89.9 Å². The number of hydrogen-bond acceptors (Lipinski definition) is 4. The molecule has 126 valence electrons. The molecule has 2 rings (SSSR count). The third kappa shape index (κ3) is 4.22. The number of aryl methyl sites for hydroxylation is 1. The van der Waals surface area contributed by atoms with Crippen LogP contribution in [-0.4, -0.2) is 52.2 Å². The smallest absolute Gasteiger partial charge is 0.317 e. The SMILES string of the molecule is CCc1ccc(O)c(C(=O)NC2CC(N(CC)CC(=O)O)C2)c1. The minimum absolute atomic E-state index is 0.0170. The maximum atomic E-state index is 12.3. The standard InChI is InChI=1S/C17H24N2O4/c1-3-11-5-6-15(20)14(7-11)17(23)18-12-8-13(9-12)19(4-2)10-16(21)22/h5-7,12-13,20H,3-4,8-10H2,1-2H3,(H,18,23)(H,21,22). The van der Waals surface area contributed by atoms with Crippen LogP contribution in [0.2, 0.25) is 0 Å². The lowest BCUT2D eigenvalue weighted by Gasteiger charge is -2.42. The quantitative estimate of drug-likeness (QED) is 0.710. The number of hydrogen-bond donors (Lipinski definition) is 3. The van der Waals surface area contributed by atoms with Crippen LogP contribution in [0.3, 0.4) is 0 Å². The Kier molecular flexibility index (Phi) is 5.60. The Morgan fingerprint density at radius 3 is 2.57 bits per heavy atom. The second-order valence-corrected chi connectivity index (χ2v) is 5.96. The molecule has 6 heteroatoms. The number of phenolic OH excluding ortho intramolecular Hbond substituents is 1. The highest BCUT2D eigenvalue weighted by molar-refractivity contribution is 5.97. The molecule has 0 bridgehead atoms. The van der Waals surface area contributed by atoms with Gasteiger partial charge in [-0.25, -0.2) is 0 Å². The Morgan fingerprint density at radius 2 is 2.00 bits per heavy atom. The van der Waals surface area contributed by atoms with Gasteiger partial charge in [0.05, 0.1) is 12.1 Å². The molecular weight excluding hydrogens is 296 g/mol. The van der Waals surface area contributed by atoms with Crippen molar-refractivity contribution in [3.05, 3.63) is 29.3 Å². The molecule has 1 amide bonds. The van der Waals surface area contributed by atoms with Gasteiger partial charge in [-0.1, -0.05) is 19.9 Å². The van der Waals surface area contributed by atoms with Gasteiger partial charge in [0.15, 0.2) is 0 Å². The van der Waals surface area contributed by atoms with Crippen LogP contribution in [0.1, 0.15) is 42.6 Å². The highest BCUT2D eigenvalue weighted by atomic mass is 16.4. The summed E-state index contributed by atoms with van der Waals surface area (Å²) in [6.07, 6.45) is 2.27. The maximum absolute atomic E-state index is 12.3. The van der Waals surface area contributed by atoms with Gasteiger partial charge in [-0.05, 0) is 43.5 Å². The van der Waals surface area contributed by atoms with E-state index < -0.39 is 5.97 Å². The van der Waals surface area contributed by atoms with Gasteiger partial charge in [-0.15, -0.1) is 0 Å². The Morgan fingerprint density at radius 1 is 1.30 bits per heavy atom. The van der Waals surface area contributed by atoms with Gasteiger partial charge in [0.25, 0.3) is 5.91 Å². The summed E-state index contributed by atoms with van der Waals surface area (Å²) in [6.45, 7) is 4.63. The molecule has 0 radical (unpaired) electrons. The van der Waals surface area contributed by atoms with E-state index in [9.17, 15) is 14.7 Å². The summed E-state index contributed by atoms with van der Waals surface area (Å²) < 4.78 is 0. The first-order chi connectivity index (χ1) is 10.9. The molecule has 1 saturated carbocycles. The van der Waals surface area contributed by atoms with E-state index >= 15 is 0 Å². The van der Waals surface area contributed by atoms with E-state index in [2.05, 4.69) is 5.32 Å².